The van der Waals surface area contributed by atoms with Crippen LogP contribution in [0.4, 0.5) is 0 Å². The summed E-state index contributed by atoms with van der Waals surface area (Å²) < 4.78 is 10.5. The van der Waals surface area contributed by atoms with Crippen LogP contribution in [-0.4, -0.2) is 19.5 Å². The van der Waals surface area contributed by atoms with E-state index in [-0.39, 0.29) is 5.60 Å². The molecular weight excluding hydrogens is 188 g/mol. The van der Waals surface area contributed by atoms with E-state index >= 15 is 0 Å². The highest BCUT2D eigenvalue weighted by molar-refractivity contribution is 5.14. The van der Waals surface area contributed by atoms with Gasteiger partial charge in [0.2, 0.25) is 0 Å². The summed E-state index contributed by atoms with van der Waals surface area (Å²) in [5.74, 6) is 0. The van der Waals surface area contributed by atoms with Gasteiger partial charge in [0.05, 0.1) is 5.60 Å². The first kappa shape index (κ1) is 12.2. The van der Waals surface area contributed by atoms with Gasteiger partial charge in [0.25, 0.3) is 0 Å². The van der Waals surface area contributed by atoms with E-state index in [0.29, 0.717) is 6.79 Å². The van der Waals surface area contributed by atoms with E-state index < -0.39 is 0 Å². The lowest BCUT2D eigenvalue weighted by molar-refractivity contribution is -0.116. The van der Waals surface area contributed by atoms with Gasteiger partial charge in [0.15, 0.2) is 0 Å². The number of ether oxygens (including phenoxy) is 2. The predicted octanol–water partition coefficient (Wildman–Crippen LogP) is 3.02. The highest BCUT2D eigenvalue weighted by Gasteiger charge is 2.17. The second kappa shape index (κ2) is 5.89. The van der Waals surface area contributed by atoms with Crippen molar-refractivity contribution in [1.29, 1.82) is 0 Å². The van der Waals surface area contributed by atoms with Crippen LogP contribution < -0.4 is 0 Å². The molecule has 15 heavy (non-hydrogen) atoms. The SMILES string of the molecule is COCOC(C)(C)CCc1ccccc1. The molecule has 0 aliphatic heterocycles. The van der Waals surface area contributed by atoms with Crippen LogP contribution in [0.25, 0.3) is 0 Å². The molecule has 0 aliphatic carbocycles. The van der Waals surface area contributed by atoms with Crippen molar-refractivity contribution in [3.63, 3.8) is 0 Å². The summed E-state index contributed by atoms with van der Waals surface area (Å²) in [6.07, 6.45) is 2.04. The Hall–Kier alpha value is -0.860. The zero-order valence-corrected chi connectivity index (χ0v) is 9.82. The lowest BCUT2D eigenvalue weighted by Crippen LogP contribution is -2.26. The smallest absolute Gasteiger partial charge is 0.147 e. The molecule has 1 aromatic carbocycles. The molecule has 0 aromatic heterocycles. The van der Waals surface area contributed by atoms with Gasteiger partial charge in [-0.1, -0.05) is 30.3 Å². The molecule has 0 atom stereocenters. The number of hydrogen-bond donors (Lipinski definition) is 0. The molecular formula is C13H20O2. The van der Waals surface area contributed by atoms with Crippen LogP contribution in [0.5, 0.6) is 0 Å². The van der Waals surface area contributed by atoms with Crippen molar-refractivity contribution in [3.05, 3.63) is 35.9 Å². The van der Waals surface area contributed by atoms with Gasteiger partial charge in [-0.15, -0.1) is 0 Å². The topological polar surface area (TPSA) is 18.5 Å². The lowest BCUT2D eigenvalue weighted by Gasteiger charge is -2.24. The maximum Gasteiger partial charge on any atom is 0.147 e. The molecule has 1 rings (SSSR count). The quantitative estimate of drug-likeness (QED) is 0.669. The van der Waals surface area contributed by atoms with Gasteiger partial charge in [-0.2, -0.15) is 0 Å². The minimum atomic E-state index is -0.119. The van der Waals surface area contributed by atoms with Crippen molar-refractivity contribution < 1.29 is 9.47 Å². The number of methoxy groups -OCH3 is 1. The van der Waals surface area contributed by atoms with Gasteiger partial charge in [-0.25, -0.2) is 0 Å². The summed E-state index contributed by atoms with van der Waals surface area (Å²) in [5.41, 5.74) is 1.23. The Kier molecular flexibility index (Phi) is 4.79. The molecule has 0 N–H and O–H groups in total. The van der Waals surface area contributed by atoms with Crippen LogP contribution in [0.2, 0.25) is 0 Å². The molecule has 0 amide bonds. The summed E-state index contributed by atoms with van der Waals surface area (Å²) in [6.45, 7) is 4.55. The molecule has 0 fully saturated rings. The minimum Gasteiger partial charge on any atom is -0.359 e. The second-order valence-corrected chi connectivity index (χ2v) is 4.30. The Morgan fingerprint density at radius 3 is 2.40 bits per heavy atom. The van der Waals surface area contributed by atoms with E-state index in [4.69, 9.17) is 9.47 Å². The van der Waals surface area contributed by atoms with Gasteiger partial charge in [-0.05, 0) is 32.3 Å². The largest absolute Gasteiger partial charge is 0.359 e. The third-order valence-electron chi connectivity index (χ3n) is 2.43. The zero-order valence-electron chi connectivity index (χ0n) is 9.82. The Labute approximate surface area is 92.2 Å². The summed E-state index contributed by atoms with van der Waals surface area (Å²) in [7, 11) is 1.65. The first-order valence-electron chi connectivity index (χ1n) is 5.31. The monoisotopic (exact) mass is 208 g/mol. The van der Waals surface area contributed by atoms with Crippen molar-refractivity contribution in [2.45, 2.75) is 32.3 Å². The molecule has 0 saturated heterocycles. The maximum absolute atomic E-state index is 5.58. The van der Waals surface area contributed by atoms with E-state index in [1.54, 1.807) is 7.11 Å². The lowest BCUT2D eigenvalue weighted by atomic mass is 9.99. The highest BCUT2D eigenvalue weighted by atomic mass is 16.7. The van der Waals surface area contributed by atoms with Gasteiger partial charge in [-0.3, -0.25) is 0 Å². The first-order chi connectivity index (χ1) is 7.14. The summed E-state index contributed by atoms with van der Waals surface area (Å²) in [6, 6.07) is 10.5. The van der Waals surface area contributed by atoms with Crippen LogP contribution in [0.1, 0.15) is 25.8 Å². The normalized spacial score (nSPS) is 11.7. The molecule has 0 heterocycles. The Morgan fingerprint density at radius 2 is 1.80 bits per heavy atom. The van der Waals surface area contributed by atoms with Crippen LogP contribution in [0, 0.1) is 0 Å². The predicted molar refractivity (Wildman–Crippen MR) is 61.8 cm³/mol. The molecule has 0 spiro atoms. The van der Waals surface area contributed by atoms with E-state index in [2.05, 4.69) is 38.1 Å². The van der Waals surface area contributed by atoms with Crippen LogP contribution in [-0.2, 0) is 15.9 Å². The fourth-order valence-corrected chi connectivity index (χ4v) is 1.38. The van der Waals surface area contributed by atoms with Gasteiger partial charge in [0.1, 0.15) is 6.79 Å². The average Bonchev–Trinajstić information content (AvgIpc) is 2.25. The van der Waals surface area contributed by atoms with Crippen molar-refractivity contribution in [1.82, 2.24) is 0 Å². The molecule has 0 bridgehead atoms. The Morgan fingerprint density at radius 1 is 1.13 bits per heavy atom. The molecule has 0 saturated carbocycles. The third-order valence-corrected chi connectivity index (χ3v) is 2.43. The number of aryl methyl sites for hydroxylation is 1. The first-order valence-corrected chi connectivity index (χ1v) is 5.31. The van der Waals surface area contributed by atoms with E-state index in [1.807, 2.05) is 6.07 Å². The number of rotatable bonds is 6. The molecule has 0 radical (unpaired) electrons. The van der Waals surface area contributed by atoms with Gasteiger partial charge < -0.3 is 9.47 Å². The molecule has 0 unspecified atom stereocenters. The number of hydrogen-bond acceptors (Lipinski definition) is 2. The zero-order chi connectivity index (χ0) is 11.1. The van der Waals surface area contributed by atoms with Gasteiger partial charge >= 0.3 is 0 Å². The third kappa shape index (κ3) is 4.96. The highest BCUT2D eigenvalue weighted by Crippen LogP contribution is 2.17. The fraction of sp³-hybridized carbons (Fsp3) is 0.538. The van der Waals surface area contributed by atoms with Crippen LogP contribution in [0.15, 0.2) is 30.3 Å². The fourth-order valence-electron chi connectivity index (χ4n) is 1.38. The van der Waals surface area contributed by atoms with E-state index in [1.165, 1.54) is 5.56 Å². The molecule has 84 valence electrons. The van der Waals surface area contributed by atoms with Crippen molar-refractivity contribution >= 4 is 0 Å². The van der Waals surface area contributed by atoms with Crippen molar-refractivity contribution in [2.24, 2.45) is 0 Å². The van der Waals surface area contributed by atoms with E-state index in [9.17, 15) is 0 Å². The van der Waals surface area contributed by atoms with Crippen LogP contribution in [0.3, 0.4) is 0 Å². The molecule has 2 nitrogen and oxygen atoms in total. The average molecular weight is 208 g/mol. The maximum atomic E-state index is 5.58. The Bertz CT molecular complexity index is 267. The van der Waals surface area contributed by atoms with Gasteiger partial charge in [0, 0.05) is 7.11 Å². The van der Waals surface area contributed by atoms with Crippen molar-refractivity contribution in [2.75, 3.05) is 13.9 Å². The summed E-state index contributed by atoms with van der Waals surface area (Å²) >= 11 is 0. The van der Waals surface area contributed by atoms with E-state index in [0.717, 1.165) is 12.8 Å². The summed E-state index contributed by atoms with van der Waals surface area (Å²) in [4.78, 5) is 0. The minimum absolute atomic E-state index is 0.119. The van der Waals surface area contributed by atoms with Crippen molar-refractivity contribution in [3.8, 4) is 0 Å². The molecule has 2 heteroatoms. The number of benzene rings is 1. The standard InChI is InChI=1S/C13H20O2/c1-13(2,15-11-14-3)10-9-12-7-5-4-6-8-12/h4-8H,9-11H2,1-3H3. The second-order valence-electron chi connectivity index (χ2n) is 4.30. The molecule has 0 aliphatic rings. The van der Waals surface area contributed by atoms with Crippen LogP contribution >= 0.6 is 0 Å². The summed E-state index contributed by atoms with van der Waals surface area (Å²) in [5, 5.41) is 0. The Balaban J connectivity index is 2.35. The molecule has 1 aromatic rings.